The topological polar surface area (TPSA) is 122 Å². The Morgan fingerprint density at radius 1 is 1.18 bits per heavy atom. The van der Waals surface area contributed by atoms with Crippen molar-refractivity contribution in [1.29, 1.82) is 0 Å². The van der Waals surface area contributed by atoms with Gasteiger partial charge in [-0.15, -0.1) is 0 Å². The van der Waals surface area contributed by atoms with E-state index >= 15 is 0 Å². The largest absolute Gasteiger partial charge is 0.366 e. The van der Waals surface area contributed by atoms with Crippen molar-refractivity contribution >= 4 is 23.2 Å². The molecule has 5 N–H and O–H groups in total. The van der Waals surface area contributed by atoms with Crippen molar-refractivity contribution in [2.45, 2.75) is 58.9 Å². The molecule has 28 heavy (non-hydrogen) atoms. The summed E-state index contributed by atoms with van der Waals surface area (Å²) in [6.07, 6.45) is 4.79. The Morgan fingerprint density at radius 3 is 2.46 bits per heavy atom. The van der Waals surface area contributed by atoms with E-state index in [2.05, 4.69) is 39.3 Å². The Labute approximate surface area is 165 Å². The molecule has 0 aliphatic heterocycles. The molecule has 1 amide bonds. The molecule has 0 saturated carbocycles. The van der Waals surface area contributed by atoms with Crippen LogP contribution in [0.5, 0.6) is 5.75 Å². The van der Waals surface area contributed by atoms with E-state index < -0.39 is 5.91 Å². The molecule has 1 aromatic carbocycles. The average molecular weight is 387 g/mol. The summed E-state index contributed by atoms with van der Waals surface area (Å²) in [5, 5.41) is 15.4. The molecule has 0 saturated heterocycles. The third kappa shape index (κ3) is 5.56. The van der Waals surface area contributed by atoms with Crippen LogP contribution >= 0.6 is 0 Å². The van der Waals surface area contributed by atoms with Crippen LogP contribution in [0.2, 0.25) is 0 Å². The minimum Gasteiger partial charge on any atom is -0.366 e. The minimum absolute atomic E-state index is 0.0697. The zero-order chi connectivity index (χ0) is 20.5. The van der Waals surface area contributed by atoms with Gasteiger partial charge in [0.2, 0.25) is 0 Å². The number of anilines is 3. The van der Waals surface area contributed by atoms with Crippen LogP contribution in [-0.2, 0) is 6.42 Å². The molecule has 0 aliphatic rings. The highest BCUT2D eigenvalue weighted by Gasteiger charge is 2.19. The second kappa shape index (κ2) is 10.5. The van der Waals surface area contributed by atoms with E-state index in [0.29, 0.717) is 23.6 Å². The summed E-state index contributed by atoms with van der Waals surface area (Å²) in [4.78, 5) is 25.3. The highest BCUT2D eigenvalue weighted by Crippen LogP contribution is 2.25. The fourth-order valence-electron chi connectivity index (χ4n) is 3.04. The van der Waals surface area contributed by atoms with E-state index in [9.17, 15) is 4.79 Å². The van der Waals surface area contributed by atoms with Gasteiger partial charge in [0, 0.05) is 17.8 Å². The van der Waals surface area contributed by atoms with Gasteiger partial charge in [-0.3, -0.25) is 4.79 Å². The molecule has 2 rings (SSSR count). The van der Waals surface area contributed by atoms with Gasteiger partial charge in [-0.05, 0) is 31.4 Å². The molecule has 0 spiro atoms. The Hall–Kier alpha value is -2.87. The predicted molar refractivity (Wildman–Crippen MR) is 110 cm³/mol. The molecule has 1 heterocycles. The van der Waals surface area contributed by atoms with Crippen molar-refractivity contribution in [2.75, 3.05) is 10.6 Å². The number of aryl methyl sites for hydroxylation is 1. The molecule has 0 bridgehead atoms. The number of nitrogens with two attached hydrogens (primary N) is 1. The van der Waals surface area contributed by atoms with E-state index in [1.165, 1.54) is 0 Å². The molecule has 0 fully saturated rings. The van der Waals surface area contributed by atoms with Crippen LogP contribution in [0.25, 0.3) is 0 Å². The highest BCUT2D eigenvalue weighted by atomic mass is 17.1. The minimum atomic E-state index is -0.663. The number of rotatable bonds is 11. The van der Waals surface area contributed by atoms with E-state index in [1.807, 2.05) is 6.92 Å². The second-order valence-electron chi connectivity index (χ2n) is 6.60. The van der Waals surface area contributed by atoms with Crippen molar-refractivity contribution in [2.24, 2.45) is 5.73 Å². The van der Waals surface area contributed by atoms with Crippen LogP contribution in [0.1, 0.15) is 62.6 Å². The van der Waals surface area contributed by atoms with Gasteiger partial charge in [-0.25, -0.2) is 15.2 Å². The van der Waals surface area contributed by atoms with Crippen LogP contribution in [0, 0.1) is 0 Å². The van der Waals surface area contributed by atoms with Gasteiger partial charge in [0.1, 0.15) is 5.82 Å². The number of aromatic nitrogens is 2. The van der Waals surface area contributed by atoms with Crippen LogP contribution in [0.15, 0.2) is 24.3 Å². The fourth-order valence-corrected chi connectivity index (χ4v) is 3.04. The summed E-state index contributed by atoms with van der Waals surface area (Å²) < 4.78 is 0. The lowest BCUT2D eigenvalue weighted by Crippen LogP contribution is -2.24. The highest BCUT2D eigenvalue weighted by molar-refractivity contribution is 5.96. The summed E-state index contributed by atoms with van der Waals surface area (Å²) in [6, 6.07) is 6.91. The van der Waals surface area contributed by atoms with Crippen LogP contribution in [0.4, 0.5) is 17.3 Å². The third-order valence-corrected chi connectivity index (χ3v) is 4.35. The Morgan fingerprint density at radius 2 is 1.89 bits per heavy atom. The molecule has 152 valence electrons. The number of hydrogen-bond acceptors (Lipinski definition) is 7. The van der Waals surface area contributed by atoms with E-state index in [0.717, 1.165) is 25.7 Å². The van der Waals surface area contributed by atoms with Crippen LogP contribution < -0.4 is 21.3 Å². The lowest BCUT2D eigenvalue weighted by molar-refractivity contribution is -0.137. The molecule has 1 aromatic heterocycles. The number of nitrogens with zero attached hydrogens (tertiary/aromatic N) is 2. The molecule has 0 aliphatic carbocycles. The van der Waals surface area contributed by atoms with Gasteiger partial charge in [0.25, 0.3) is 5.91 Å². The summed E-state index contributed by atoms with van der Waals surface area (Å²) in [6.45, 7) is 6.26. The van der Waals surface area contributed by atoms with Gasteiger partial charge in [0.15, 0.2) is 17.3 Å². The van der Waals surface area contributed by atoms with Crippen molar-refractivity contribution < 1.29 is 14.9 Å². The summed E-state index contributed by atoms with van der Waals surface area (Å²) >= 11 is 0. The number of carbonyl (C=O) groups is 1. The average Bonchev–Trinajstić information content (AvgIpc) is 2.68. The third-order valence-electron chi connectivity index (χ3n) is 4.35. The van der Waals surface area contributed by atoms with Crippen LogP contribution in [0.3, 0.4) is 0 Å². The lowest BCUT2D eigenvalue weighted by Gasteiger charge is -2.21. The van der Waals surface area contributed by atoms with Crippen molar-refractivity contribution in [1.82, 2.24) is 9.97 Å². The Kier molecular flexibility index (Phi) is 8.01. The first-order valence-electron chi connectivity index (χ1n) is 9.68. The van der Waals surface area contributed by atoms with Crippen molar-refractivity contribution in [3.63, 3.8) is 0 Å². The Bertz CT molecular complexity index is 791. The molecule has 0 atom stereocenters. The first kappa shape index (κ1) is 21.4. The van der Waals surface area contributed by atoms with Gasteiger partial charge in [-0.1, -0.05) is 39.7 Å². The van der Waals surface area contributed by atoms with Gasteiger partial charge >= 0.3 is 0 Å². The maximum absolute atomic E-state index is 11.9. The summed E-state index contributed by atoms with van der Waals surface area (Å²) in [5.74, 6) is 0.503. The number of primary amides is 1. The predicted octanol–water partition coefficient (Wildman–Crippen LogP) is 4.11. The second-order valence-corrected chi connectivity index (χ2v) is 6.60. The SMILES string of the molecule is CCCC(CCC)Nc1nc(Nc2cccc(OO)c2)c(C(N)=O)nc1CC. The van der Waals surface area contributed by atoms with Gasteiger partial charge in [0.05, 0.1) is 5.69 Å². The zero-order valence-corrected chi connectivity index (χ0v) is 16.7. The number of benzene rings is 1. The lowest BCUT2D eigenvalue weighted by atomic mass is 10.1. The summed E-state index contributed by atoms with van der Waals surface area (Å²) in [5.41, 5.74) is 6.88. The first-order valence-corrected chi connectivity index (χ1v) is 9.68. The molecule has 0 unspecified atom stereocenters. The smallest absolute Gasteiger partial charge is 0.271 e. The maximum Gasteiger partial charge on any atom is 0.271 e. The van der Waals surface area contributed by atoms with Gasteiger partial charge < -0.3 is 21.3 Å². The van der Waals surface area contributed by atoms with Gasteiger partial charge in [-0.2, -0.15) is 0 Å². The standard InChI is InChI=1S/C20H29N5O3/c1-4-8-13(9-5-2)22-19-16(6-3)24-17(18(21)26)20(25-19)23-14-10-7-11-15(12-14)28-27/h7,10-13,27H,4-6,8-9H2,1-3H3,(H2,21,26)(H2,22,23,25). The Balaban J connectivity index is 2.42. The molecular weight excluding hydrogens is 358 g/mol. The number of nitrogens with one attached hydrogen (secondary N) is 2. The molecule has 8 heteroatoms. The zero-order valence-electron chi connectivity index (χ0n) is 16.7. The van der Waals surface area contributed by atoms with Crippen molar-refractivity contribution in [3.8, 4) is 5.75 Å². The fraction of sp³-hybridized carbons (Fsp3) is 0.450. The first-order chi connectivity index (χ1) is 13.5. The number of amides is 1. The monoisotopic (exact) mass is 387 g/mol. The molecule has 2 aromatic rings. The maximum atomic E-state index is 11.9. The van der Waals surface area contributed by atoms with E-state index in [1.54, 1.807) is 24.3 Å². The van der Waals surface area contributed by atoms with Crippen LogP contribution in [-0.4, -0.2) is 27.2 Å². The normalized spacial score (nSPS) is 10.8. The number of carbonyl (C=O) groups excluding carboxylic acids is 1. The molecule has 8 nitrogen and oxygen atoms in total. The quantitative estimate of drug-likeness (QED) is 0.338. The number of hydrogen-bond donors (Lipinski definition) is 4. The van der Waals surface area contributed by atoms with E-state index in [4.69, 9.17) is 11.0 Å². The summed E-state index contributed by atoms with van der Waals surface area (Å²) in [7, 11) is 0. The molecule has 0 radical (unpaired) electrons. The molecular formula is C20H29N5O3. The van der Waals surface area contributed by atoms with E-state index in [-0.39, 0.29) is 23.3 Å². The van der Waals surface area contributed by atoms with Crippen molar-refractivity contribution in [3.05, 3.63) is 35.7 Å².